The van der Waals surface area contributed by atoms with Crippen LogP contribution in [0.5, 0.6) is 5.75 Å². The zero-order valence-electron chi connectivity index (χ0n) is 12.3. The SMILES string of the molecule is Cc1cc(C)c(-c2cccc3c2OCCC3)cc1C(=O)O. The second-order valence-corrected chi connectivity index (χ2v) is 5.53. The van der Waals surface area contributed by atoms with E-state index in [1.54, 1.807) is 6.07 Å². The third kappa shape index (κ3) is 2.40. The number of aryl methyl sites for hydroxylation is 3. The van der Waals surface area contributed by atoms with Gasteiger partial charge in [-0.1, -0.05) is 24.3 Å². The van der Waals surface area contributed by atoms with Crippen molar-refractivity contribution in [2.24, 2.45) is 0 Å². The van der Waals surface area contributed by atoms with Crippen LogP contribution in [-0.2, 0) is 6.42 Å². The van der Waals surface area contributed by atoms with Gasteiger partial charge in [0.25, 0.3) is 0 Å². The Morgan fingerprint density at radius 3 is 2.71 bits per heavy atom. The largest absolute Gasteiger partial charge is 0.493 e. The Labute approximate surface area is 124 Å². The van der Waals surface area contributed by atoms with Crippen LogP contribution in [0.2, 0.25) is 0 Å². The molecule has 1 aliphatic rings. The van der Waals surface area contributed by atoms with Crippen molar-refractivity contribution in [3.63, 3.8) is 0 Å². The molecule has 1 aliphatic heterocycles. The molecule has 0 saturated carbocycles. The quantitative estimate of drug-likeness (QED) is 0.905. The van der Waals surface area contributed by atoms with Crippen LogP contribution >= 0.6 is 0 Å². The molecule has 0 aliphatic carbocycles. The molecular weight excluding hydrogens is 264 g/mol. The second kappa shape index (κ2) is 5.24. The maximum Gasteiger partial charge on any atom is 0.335 e. The molecule has 0 bridgehead atoms. The van der Waals surface area contributed by atoms with Gasteiger partial charge in [-0.2, -0.15) is 0 Å². The van der Waals surface area contributed by atoms with Crippen molar-refractivity contribution < 1.29 is 14.6 Å². The third-order valence-corrected chi connectivity index (χ3v) is 4.03. The molecule has 3 heteroatoms. The summed E-state index contributed by atoms with van der Waals surface area (Å²) < 4.78 is 5.85. The van der Waals surface area contributed by atoms with Gasteiger partial charge in [-0.3, -0.25) is 0 Å². The number of carboxylic acid groups (broad SMARTS) is 1. The number of aromatic carboxylic acids is 1. The summed E-state index contributed by atoms with van der Waals surface area (Å²) in [6.07, 6.45) is 2.05. The fraction of sp³-hybridized carbons (Fsp3) is 0.278. The number of rotatable bonds is 2. The molecule has 3 nitrogen and oxygen atoms in total. The van der Waals surface area contributed by atoms with E-state index in [-0.39, 0.29) is 0 Å². The monoisotopic (exact) mass is 282 g/mol. The molecule has 0 unspecified atom stereocenters. The molecule has 1 N–H and O–H groups in total. The van der Waals surface area contributed by atoms with Crippen LogP contribution in [0.15, 0.2) is 30.3 Å². The smallest absolute Gasteiger partial charge is 0.335 e. The van der Waals surface area contributed by atoms with Crippen LogP contribution in [0, 0.1) is 13.8 Å². The van der Waals surface area contributed by atoms with Crippen LogP contribution in [0.1, 0.15) is 33.5 Å². The van der Waals surface area contributed by atoms with Crippen LogP contribution in [-0.4, -0.2) is 17.7 Å². The number of para-hydroxylation sites is 1. The number of hydrogen-bond donors (Lipinski definition) is 1. The van der Waals surface area contributed by atoms with Crippen LogP contribution in [0.3, 0.4) is 0 Å². The molecule has 2 aromatic carbocycles. The molecule has 3 rings (SSSR count). The molecule has 0 saturated heterocycles. The Hall–Kier alpha value is -2.29. The van der Waals surface area contributed by atoms with E-state index in [4.69, 9.17) is 4.74 Å². The Bertz CT molecular complexity index is 717. The summed E-state index contributed by atoms with van der Waals surface area (Å²) in [6.45, 7) is 4.56. The van der Waals surface area contributed by atoms with E-state index in [0.717, 1.165) is 47.5 Å². The molecular formula is C18H18O3. The van der Waals surface area contributed by atoms with Crippen molar-refractivity contribution in [1.29, 1.82) is 0 Å². The average molecular weight is 282 g/mol. The fourth-order valence-electron chi connectivity index (χ4n) is 2.97. The summed E-state index contributed by atoms with van der Waals surface area (Å²) in [5.41, 5.74) is 5.35. The number of fused-ring (bicyclic) bond motifs is 1. The van der Waals surface area contributed by atoms with Gasteiger partial charge in [-0.05, 0) is 55.0 Å². The highest BCUT2D eigenvalue weighted by Gasteiger charge is 2.18. The molecule has 0 spiro atoms. The highest BCUT2D eigenvalue weighted by molar-refractivity contribution is 5.92. The lowest BCUT2D eigenvalue weighted by molar-refractivity contribution is 0.0696. The Balaban J connectivity index is 2.21. The Morgan fingerprint density at radius 2 is 1.95 bits per heavy atom. The molecule has 108 valence electrons. The number of hydrogen-bond acceptors (Lipinski definition) is 2. The molecule has 2 aromatic rings. The van der Waals surface area contributed by atoms with Crippen molar-refractivity contribution >= 4 is 5.97 Å². The minimum atomic E-state index is -0.889. The van der Waals surface area contributed by atoms with E-state index in [2.05, 4.69) is 6.07 Å². The van der Waals surface area contributed by atoms with E-state index in [1.807, 2.05) is 32.0 Å². The zero-order chi connectivity index (χ0) is 15.0. The average Bonchev–Trinajstić information content (AvgIpc) is 2.46. The van der Waals surface area contributed by atoms with Gasteiger partial charge in [0.1, 0.15) is 5.75 Å². The molecule has 0 radical (unpaired) electrons. The molecule has 0 amide bonds. The molecule has 1 heterocycles. The Morgan fingerprint density at radius 1 is 1.14 bits per heavy atom. The lowest BCUT2D eigenvalue weighted by Gasteiger charge is -2.21. The van der Waals surface area contributed by atoms with Gasteiger partial charge in [-0.15, -0.1) is 0 Å². The third-order valence-electron chi connectivity index (χ3n) is 4.03. The van der Waals surface area contributed by atoms with Gasteiger partial charge in [0.15, 0.2) is 0 Å². The highest BCUT2D eigenvalue weighted by atomic mass is 16.5. The summed E-state index contributed by atoms with van der Waals surface area (Å²) in [6, 6.07) is 9.80. The summed E-state index contributed by atoms with van der Waals surface area (Å²) in [4.78, 5) is 11.4. The highest BCUT2D eigenvalue weighted by Crippen LogP contribution is 2.38. The first-order valence-corrected chi connectivity index (χ1v) is 7.17. The summed E-state index contributed by atoms with van der Waals surface area (Å²) >= 11 is 0. The van der Waals surface area contributed by atoms with E-state index >= 15 is 0 Å². The van der Waals surface area contributed by atoms with Gasteiger partial charge >= 0.3 is 5.97 Å². The summed E-state index contributed by atoms with van der Waals surface area (Å²) in [5.74, 6) is 0.0199. The standard InChI is InChI=1S/C18H18O3/c1-11-9-12(2)16(18(19)20)10-15(11)14-7-3-5-13-6-4-8-21-17(13)14/h3,5,7,9-10H,4,6,8H2,1-2H3,(H,19,20). The van der Waals surface area contributed by atoms with Gasteiger partial charge in [-0.25, -0.2) is 4.79 Å². The summed E-state index contributed by atoms with van der Waals surface area (Å²) in [7, 11) is 0. The van der Waals surface area contributed by atoms with Crippen LogP contribution in [0.4, 0.5) is 0 Å². The van der Waals surface area contributed by atoms with Crippen LogP contribution < -0.4 is 4.74 Å². The lowest BCUT2D eigenvalue weighted by Crippen LogP contribution is -2.09. The van der Waals surface area contributed by atoms with Gasteiger partial charge in [0.05, 0.1) is 12.2 Å². The minimum Gasteiger partial charge on any atom is -0.493 e. The number of carboxylic acids is 1. The predicted molar refractivity (Wildman–Crippen MR) is 82.1 cm³/mol. The fourth-order valence-corrected chi connectivity index (χ4v) is 2.97. The van der Waals surface area contributed by atoms with E-state index in [0.29, 0.717) is 5.56 Å². The van der Waals surface area contributed by atoms with Gasteiger partial charge < -0.3 is 9.84 Å². The molecule has 0 aromatic heterocycles. The lowest BCUT2D eigenvalue weighted by atomic mass is 9.92. The molecule has 0 atom stereocenters. The van der Waals surface area contributed by atoms with Gasteiger partial charge in [0.2, 0.25) is 0 Å². The number of ether oxygens (including phenoxy) is 1. The Kier molecular flexibility index (Phi) is 3.42. The minimum absolute atomic E-state index is 0.351. The van der Waals surface area contributed by atoms with Crippen molar-refractivity contribution in [2.75, 3.05) is 6.61 Å². The first-order chi connectivity index (χ1) is 10.1. The zero-order valence-corrected chi connectivity index (χ0v) is 12.3. The summed E-state index contributed by atoms with van der Waals surface area (Å²) in [5, 5.41) is 9.34. The van der Waals surface area contributed by atoms with E-state index in [1.165, 1.54) is 5.56 Å². The first-order valence-electron chi connectivity index (χ1n) is 7.17. The van der Waals surface area contributed by atoms with Crippen molar-refractivity contribution in [3.05, 3.63) is 52.6 Å². The van der Waals surface area contributed by atoms with Crippen molar-refractivity contribution in [2.45, 2.75) is 26.7 Å². The van der Waals surface area contributed by atoms with Crippen molar-refractivity contribution in [3.8, 4) is 16.9 Å². The van der Waals surface area contributed by atoms with Gasteiger partial charge in [0, 0.05) is 5.56 Å². The molecule has 0 fully saturated rings. The maximum absolute atomic E-state index is 11.4. The molecule has 21 heavy (non-hydrogen) atoms. The maximum atomic E-state index is 11.4. The van der Waals surface area contributed by atoms with E-state index in [9.17, 15) is 9.90 Å². The topological polar surface area (TPSA) is 46.5 Å². The first kappa shape index (κ1) is 13.7. The number of carbonyl (C=O) groups is 1. The predicted octanol–water partition coefficient (Wildman–Crippen LogP) is 3.99. The van der Waals surface area contributed by atoms with Crippen molar-refractivity contribution in [1.82, 2.24) is 0 Å². The van der Waals surface area contributed by atoms with Crippen LogP contribution in [0.25, 0.3) is 11.1 Å². The normalized spacial score (nSPS) is 13.4. The second-order valence-electron chi connectivity index (χ2n) is 5.53. The van der Waals surface area contributed by atoms with E-state index < -0.39 is 5.97 Å². The number of benzene rings is 2.